The van der Waals surface area contributed by atoms with Crippen LogP contribution in [0, 0.1) is 24.6 Å². The Kier molecular flexibility index (Phi) is 4.55. The predicted octanol–water partition coefficient (Wildman–Crippen LogP) is 2.83. The van der Waals surface area contributed by atoms with E-state index in [4.69, 9.17) is 0 Å². The number of amides is 1. The summed E-state index contributed by atoms with van der Waals surface area (Å²) < 4.78 is 41.0. The Morgan fingerprint density at radius 3 is 2.34 bits per heavy atom. The molecule has 0 aliphatic rings. The Morgan fingerprint density at radius 1 is 1.00 bits per heavy atom. The number of aromatic nitrogens is 6. The maximum absolute atomic E-state index is 14.7. The first-order valence-electron chi connectivity index (χ1n) is 8.28. The summed E-state index contributed by atoms with van der Waals surface area (Å²) in [5.74, 6) is -3.68. The highest BCUT2D eigenvalue weighted by Gasteiger charge is 2.15. The van der Waals surface area contributed by atoms with E-state index in [1.54, 1.807) is 13.1 Å². The van der Waals surface area contributed by atoms with Crippen LogP contribution in [0.5, 0.6) is 0 Å². The summed E-state index contributed by atoms with van der Waals surface area (Å²) in [6.45, 7) is 1.71. The van der Waals surface area contributed by atoms with Crippen LogP contribution >= 0.6 is 0 Å². The molecule has 146 valence electrons. The quantitative estimate of drug-likeness (QED) is 0.533. The first kappa shape index (κ1) is 18.3. The second kappa shape index (κ2) is 7.19. The Bertz CT molecular complexity index is 1180. The van der Waals surface area contributed by atoms with Crippen LogP contribution in [0.25, 0.3) is 11.1 Å². The lowest BCUT2D eigenvalue weighted by atomic mass is 10.1. The minimum Gasteiger partial charge on any atom is -0.322 e. The lowest BCUT2D eigenvalue weighted by Crippen LogP contribution is -2.13. The molecule has 0 spiro atoms. The number of aryl methyl sites for hydroxylation is 1. The van der Waals surface area contributed by atoms with E-state index in [0.717, 1.165) is 18.2 Å². The number of carbonyl (C=O) groups excluding carboxylic acids is 1. The number of carbonyl (C=O) groups is 1. The molecule has 0 aliphatic carbocycles. The monoisotopic (exact) mass is 399 g/mol. The molecule has 29 heavy (non-hydrogen) atoms. The minimum absolute atomic E-state index is 0.118. The Hall–Kier alpha value is -4.02. The van der Waals surface area contributed by atoms with Gasteiger partial charge in [-0.15, -0.1) is 15.0 Å². The number of hydrogen-bond acceptors (Lipinski definition) is 5. The van der Waals surface area contributed by atoms with E-state index in [2.05, 4.69) is 25.6 Å². The maximum Gasteiger partial charge on any atom is 0.255 e. The van der Waals surface area contributed by atoms with Crippen LogP contribution < -0.4 is 5.32 Å². The summed E-state index contributed by atoms with van der Waals surface area (Å²) in [6.07, 6.45) is 4.53. The lowest BCUT2D eigenvalue weighted by molar-refractivity contribution is 0.102. The zero-order valence-corrected chi connectivity index (χ0v) is 14.8. The smallest absolute Gasteiger partial charge is 0.255 e. The van der Waals surface area contributed by atoms with Gasteiger partial charge in [-0.25, -0.2) is 4.39 Å². The van der Waals surface area contributed by atoms with E-state index < -0.39 is 23.6 Å². The van der Waals surface area contributed by atoms with Gasteiger partial charge < -0.3 is 5.32 Å². The van der Waals surface area contributed by atoms with E-state index in [1.807, 2.05) is 0 Å². The summed E-state index contributed by atoms with van der Waals surface area (Å²) in [6, 6.07) is 5.59. The zero-order chi connectivity index (χ0) is 20.5. The van der Waals surface area contributed by atoms with Gasteiger partial charge in [0, 0.05) is 34.5 Å². The first-order valence-corrected chi connectivity index (χ1v) is 8.28. The largest absolute Gasteiger partial charge is 0.322 e. The number of nitrogens with one attached hydrogen (secondary N) is 1. The SMILES string of the molecule is Cc1nn(-n2nccn2)cc1-c1ccc(NC(=O)c2cc(F)nc(F)c2)cc1F. The van der Waals surface area contributed by atoms with Crippen molar-refractivity contribution in [2.45, 2.75) is 6.92 Å². The van der Waals surface area contributed by atoms with E-state index >= 15 is 0 Å². The van der Waals surface area contributed by atoms with Crippen molar-refractivity contribution in [2.24, 2.45) is 0 Å². The maximum atomic E-state index is 14.7. The molecular weight excluding hydrogens is 387 g/mol. The molecule has 0 saturated heterocycles. The van der Waals surface area contributed by atoms with Gasteiger partial charge in [-0.3, -0.25) is 4.79 Å². The van der Waals surface area contributed by atoms with Gasteiger partial charge in [-0.2, -0.15) is 18.9 Å². The second-order valence-corrected chi connectivity index (χ2v) is 6.00. The normalized spacial score (nSPS) is 10.9. The van der Waals surface area contributed by atoms with Crippen molar-refractivity contribution in [2.75, 3.05) is 5.32 Å². The fourth-order valence-corrected chi connectivity index (χ4v) is 2.73. The van der Waals surface area contributed by atoms with E-state index in [-0.39, 0.29) is 16.8 Å². The molecular formula is C18H12F3N7O. The van der Waals surface area contributed by atoms with Crippen molar-refractivity contribution < 1.29 is 18.0 Å². The average Bonchev–Trinajstić information content (AvgIpc) is 3.31. The third kappa shape index (κ3) is 3.70. The molecule has 0 unspecified atom stereocenters. The summed E-state index contributed by atoms with van der Waals surface area (Å²) in [5.41, 5.74) is 1.15. The number of halogens is 3. The fraction of sp³-hybridized carbons (Fsp3) is 0.0556. The highest BCUT2D eigenvalue weighted by molar-refractivity contribution is 6.04. The average molecular weight is 399 g/mol. The predicted molar refractivity (Wildman–Crippen MR) is 95.3 cm³/mol. The molecule has 0 fully saturated rings. The number of pyridine rings is 1. The van der Waals surface area contributed by atoms with Crippen molar-refractivity contribution in [3.05, 3.63) is 77.9 Å². The number of benzene rings is 1. The molecule has 0 saturated carbocycles. The van der Waals surface area contributed by atoms with Gasteiger partial charge in [0.25, 0.3) is 5.91 Å². The highest BCUT2D eigenvalue weighted by atomic mass is 19.1. The summed E-state index contributed by atoms with van der Waals surface area (Å²) in [5, 5.41) is 14.5. The molecule has 0 bridgehead atoms. The van der Waals surface area contributed by atoms with Crippen LogP contribution in [0.3, 0.4) is 0 Å². The molecule has 8 nitrogen and oxygen atoms in total. The molecule has 1 amide bonds. The number of hydrogen-bond donors (Lipinski definition) is 1. The van der Waals surface area contributed by atoms with Crippen molar-refractivity contribution >= 4 is 11.6 Å². The van der Waals surface area contributed by atoms with Crippen molar-refractivity contribution in [3.8, 4) is 11.1 Å². The Morgan fingerprint density at radius 2 is 1.69 bits per heavy atom. The van der Waals surface area contributed by atoms with Crippen molar-refractivity contribution in [1.29, 1.82) is 0 Å². The van der Waals surface area contributed by atoms with E-state index in [0.29, 0.717) is 11.3 Å². The van der Waals surface area contributed by atoms with Gasteiger partial charge in [0.1, 0.15) is 5.82 Å². The molecule has 1 N–H and O–H groups in total. The molecule has 3 heterocycles. The van der Waals surface area contributed by atoms with Crippen LogP contribution in [0.2, 0.25) is 0 Å². The number of anilines is 1. The highest BCUT2D eigenvalue weighted by Crippen LogP contribution is 2.27. The van der Waals surface area contributed by atoms with Crippen LogP contribution in [0.4, 0.5) is 18.9 Å². The van der Waals surface area contributed by atoms with Gasteiger partial charge in [-0.05, 0) is 25.1 Å². The third-order valence-electron chi connectivity index (χ3n) is 4.02. The molecule has 3 aromatic heterocycles. The van der Waals surface area contributed by atoms with Gasteiger partial charge in [-0.1, -0.05) is 4.91 Å². The van der Waals surface area contributed by atoms with Gasteiger partial charge >= 0.3 is 0 Å². The molecule has 0 atom stereocenters. The summed E-state index contributed by atoms with van der Waals surface area (Å²) in [7, 11) is 0. The fourth-order valence-electron chi connectivity index (χ4n) is 2.73. The molecule has 0 aliphatic heterocycles. The van der Waals surface area contributed by atoms with E-state index in [1.165, 1.54) is 34.2 Å². The van der Waals surface area contributed by atoms with Crippen LogP contribution in [0.1, 0.15) is 16.1 Å². The van der Waals surface area contributed by atoms with Crippen LogP contribution in [-0.4, -0.2) is 35.9 Å². The van der Waals surface area contributed by atoms with E-state index in [9.17, 15) is 18.0 Å². The Labute approximate surface area is 161 Å². The first-order chi connectivity index (χ1) is 13.9. The summed E-state index contributed by atoms with van der Waals surface area (Å²) in [4.78, 5) is 17.7. The number of nitrogens with zero attached hydrogens (tertiary/aromatic N) is 6. The summed E-state index contributed by atoms with van der Waals surface area (Å²) >= 11 is 0. The molecule has 1 aromatic carbocycles. The zero-order valence-electron chi connectivity index (χ0n) is 14.8. The van der Waals surface area contributed by atoms with Gasteiger partial charge in [0.2, 0.25) is 11.9 Å². The van der Waals surface area contributed by atoms with Crippen LogP contribution in [0.15, 0.2) is 48.9 Å². The van der Waals surface area contributed by atoms with Crippen LogP contribution in [-0.2, 0) is 0 Å². The molecule has 4 rings (SSSR count). The third-order valence-corrected chi connectivity index (χ3v) is 4.02. The minimum atomic E-state index is -1.13. The molecule has 11 heteroatoms. The molecule has 0 radical (unpaired) electrons. The molecule has 4 aromatic rings. The Balaban J connectivity index is 1.59. The second-order valence-electron chi connectivity index (χ2n) is 6.00. The van der Waals surface area contributed by atoms with Gasteiger partial charge in [0.15, 0.2) is 0 Å². The topological polar surface area (TPSA) is 90.5 Å². The number of rotatable bonds is 4. The van der Waals surface area contributed by atoms with Gasteiger partial charge in [0.05, 0.1) is 24.3 Å². The van der Waals surface area contributed by atoms with Crippen molar-refractivity contribution in [1.82, 2.24) is 30.0 Å². The standard InChI is InChI=1S/C18H12F3N7O/c1-10-14(9-27(26-10)28-22-4-5-23-28)13-3-2-12(8-15(13)19)24-18(29)11-6-16(20)25-17(21)7-11/h2-9H,1H3,(H,24,29). The van der Waals surface area contributed by atoms with Crippen molar-refractivity contribution in [3.63, 3.8) is 0 Å². The lowest BCUT2D eigenvalue weighted by Gasteiger charge is -2.08.